The fourth-order valence-corrected chi connectivity index (χ4v) is 2.39. The molecule has 0 saturated heterocycles. The zero-order valence-corrected chi connectivity index (χ0v) is 11.5. The predicted molar refractivity (Wildman–Crippen MR) is 71.8 cm³/mol. The lowest BCUT2D eigenvalue weighted by molar-refractivity contribution is 0.245. The average Bonchev–Trinajstić information content (AvgIpc) is 2.16. The van der Waals surface area contributed by atoms with Crippen LogP contribution in [0.2, 0.25) is 0 Å². The standard InChI is InChI=1S/C15H25N/c1-7-15(4,5)14(16-6)13-9-11(2)8-12(3)10-13/h8-10,14,16H,7H2,1-6H3. The summed E-state index contributed by atoms with van der Waals surface area (Å²) < 4.78 is 0. The van der Waals surface area contributed by atoms with E-state index in [1.54, 1.807) is 0 Å². The van der Waals surface area contributed by atoms with Crippen LogP contribution < -0.4 is 5.32 Å². The van der Waals surface area contributed by atoms with Crippen molar-refractivity contribution in [1.29, 1.82) is 0 Å². The van der Waals surface area contributed by atoms with E-state index in [1.165, 1.54) is 23.1 Å². The van der Waals surface area contributed by atoms with Crippen LogP contribution in [0.1, 0.15) is 49.9 Å². The maximum atomic E-state index is 3.46. The predicted octanol–water partition coefficient (Wildman–Crippen LogP) is 4.00. The second kappa shape index (κ2) is 5.01. The molecule has 0 fully saturated rings. The van der Waals surface area contributed by atoms with Crippen molar-refractivity contribution >= 4 is 0 Å². The molecule has 1 N–H and O–H groups in total. The van der Waals surface area contributed by atoms with Gasteiger partial charge in [-0.2, -0.15) is 0 Å². The van der Waals surface area contributed by atoms with Crippen LogP contribution in [0, 0.1) is 19.3 Å². The van der Waals surface area contributed by atoms with Crippen LogP contribution in [0.4, 0.5) is 0 Å². The first-order chi connectivity index (χ1) is 7.40. The third kappa shape index (κ3) is 2.85. The Morgan fingerprint density at radius 2 is 1.62 bits per heavy atom. The second-order valence-electron chi connectivity index (χ2n) is 5.48. The minimum Gasteiger partial charge on any atom is -0.313 e. The number of rotatable bonds is 4. The van der Waals surface area contributed by atoms with Crippen molar-refractivity contribution in [2.24, 2.45) is 5.41 Å². The van der Waals surface area contributed by atoms with Gasteiger partial charge in [-0.1, -0.05) is 50.1 Å². The molecule has 1 aromatic rings. The number of hydrogen-bond donors (Lipinski definition) is 1. The Hall–Kier alpha value is -0.820. The average molecular weight is 219 g/mol. The lowest BCUT2D eigenvalue weighted by Crippen LogP contribution is -2.31. The smallest absolute Gasteiger partial charge is 0.0369 e. The molecule has 0 amide bonds. The number of aryl methyl sites for hydroxylation is 2. The highest BCUT2D eigenvalue weighted by Crippen LogP contribution is 2.36. The summed E-state index contributed by atoms with van der Waals surface area (Å²) in [4.78, 5) is 0. The van der Waals surface area contributed by atoms with E-state index < -0.39 is 0 Å². The van der Waals surface area contributed by atoms with Gasteiger partial charge in [0, 0.05) is 6.04 Å². The molecule has 1 nitrogen and oxygen atoms in total. The van der Waals surface area contributed by atoms with Crippen molar-refractivity contribution in [3.63, 3.8) is 0 Å². The largest absolute Gasteiger partial charge is 0.313 e. The number of hydrogen-bond acceptors (Lipinski definition) is 1. The third-order valence-electron chi connectivity index (χ3n) is 3.56. The summed E-state index contributed by atoms with van der Waals surface area (Å²) in [5, 5.41) is 3.46. The topological polar surface area (TPSA) is 12.0 Å². The Morgan fingerprint density at radius 1 is 1.12 bits per heavy atom. The van der Waals surface area contributed by atoms with Gasteiger partial charge < -0.3 is 5.32 Å². The minimum absolute atomic E-state index is 0.287. The van der Waals surface area contributed by atoms with Gasteiger partial charge in [-0.3, -0.25) is 0 Å². The van der Waals surface area contributed by atoms with E-state index in [1.807, 2.05) is 0 Å². The lowest BCUT2D eigenvalue weighted by Gasteiger charge is -2.34. The van der Waals surface area contributed by atoms with Crippen LogP contribution in [-0.4, -0.2) is 7.05 Å². The molecule has 1 heteroatoms. The van der Waals surface area contributed by atoms with Gasteiger partial charge in [-0.05, 0) is 38.3 Å². The Morgan fingerprint density at radius 3 is 2.00 bits per heavy atom. The van der Waals surface area contributed by atoms with E-state index in [2.05, 4.69) is 65.2 Å². The molecule has 1 aromatic carbocycles. The molecule has 90 valence electrons. The van der Waals surface area contributed by atoms with Crippen LogP contribution in [0.15, 0.2) is 18.2 Å². The van der Waals surface area contributed by atoms with Crippen molar-refractivity contribution < 1.29 is 0 Å². The summed E-state index contributed by atoms with van der Waals surface area (Å²) in [5.74, 6) is 0. The summed E-state index contributed by atoms with van der Waals surface area (Å²) in [5.41, 5.74) is 4.39. The molecule has 0 aliphatic rings. The molecule has 0 aliphatic carbocycles. The Labute approximate surface area is 100 Å². The molecule has 1 atom stereocenters. The zero-order chi connectivity index (χ0) is 12.3. The number of benzene rings is 1. The summed E-state index contributed by atoms with van der Waals surface area (Å²) >= 11 is 0. The van der Waals surface area contributed by atoms with Crippen LogP contribution in [0.25, 0.3) is 0 Å². The molecule has 16 heavy (non-hydrogen) atoms. The van der Waals surface area contributed by atoms with Crippen molar-refractivity contribution in [3.05, 3.63) is 34.9 Å². The van der Waals surface area contributed by atoms with Gasteiger partial charge in [0.2, 0.25) is 0 Å². The molecule has 0 saturated carbocycles. The van der Waals surface area contributed by atoms with Crippen LogP contribution in [-0.2, 0) is 0 Å². The van der Waals surface area contributed by atoms with Crippen LogP contribution in [0.3, 0.4) is 0 Å². The summed E-state index contributed by atoms with van der Waals surface area (Å²) in [7, 11) is 2.06. The SMILES string of the molecule is CCC(C)(C)C(NC)c1cc(C)cc(C)c1. The van der Waals surface area contributed by atoms with E-state index in [-0.39, 0.29) is 5.41 Å². The highest BCUT2D eigenvalue weighted by molar-refractivity contribution is 5.31. The van der Waals surface area contributed by atoms with Gasteiger partial charge in [0.15, 0.2) is 0 Å². The van der Waals surface area contributed by atoms with Crippen molar-refractivity contribution in [2.45, 2.75) is 47.1 Å². The van der Waals surface area contributed by atoms with E-state index in [9.17, 15) is 0 Å². The van der Waals surface area contributed by atoms with Gasteiger partial charge in [-0.25, -0.2) is 0 Å². The van der Waals surface area contributed by atoms with E-state index in [0.29, 0.717) is 6.04 Å². The molecule has 0 radical (unpaired) electrons. The van der Waals surface area contributed by atoms with Gasteiger partial charge in [0.1, 0.15) is 0 Å². The normalized spacial score (nSPS) is 13.9. The van der Waals surface area contributed by atoms with Gasteiger partial charge >= 0.3 is 0 Å². The molecule has 0 spiro atoms. The Bertz CT molecular complexity index is 332. The highest BCUT2D eigenvalue weighted by Gasteiger charge is 2.27. The Kier molecular flexibility index (Phi) is 4.15. The molecule has 0 heterocycles. The summed E-state index contributed by atoms with van der Waals surface area (Å²) in [6, 6.07) is 7.25. The summed E-state index contributed by atoms with van der Waals surface area (Å²) in [6.45, 7) is 11.2. The van der Waals surface area contributed by atoms with E-state index in [0.717, 1.165) is 0 Å². The zero-order valence-electron chi connectivity index (χ0n) is 11.5. The summed E-state index contributed by atoms with van der Waals surface area (Å²) in [6.07, 6.45) is 1.17. The number of nitrogens with one attached hydrogen (secondary N) is 1. The Balaban J connectivity index is 3.13. The minimum atomic E-state index is 0.287. The molecule has 1 rings (SSSR count). The van der Waals surface area contributed by atoms with Gasteiger partial charge in [0.05, 0.1) is 0 Å². The molecule has 0 bridgehead atoms. The van der Waals surface area contributed by atoms with Gasteiger partial charge in [0.25, 0.3) is 0 Å². The van der Waals surface area contributed by atoms with E-state index >= 15 is 0 Å². The van der Waals surface area contributed by atoms with Crippen LogP contribution >= 0.6 is 0 Å². The van der Waals surface area contributed by atoms with Gasteiger partial charge in [-0.15, -0.1) is 0 Å². The molecule has 0 aromatic heterocycles. The first-order valence-electron chi connectivity index (χ1n) is 6.16. The first kappa shape index (κ1) is 13.2. The lowest BCUT2D eigenvalue weighted by atomic mass is 9.78. The molecule has 0 aliphatic heterocycles. The fourth-order valence-electron chi connectivity index (χ4n) is 2.39. The van der Waals surface area contributed by atoms with Crippen molar-refractivity contribution in [2.75, 3.05) is 7.05 Å². The van der Waals surface area contributed by atoms with Crippen LogP contribution in [0.5, 0.6) is 0 Å². The highest BCUT2D eigenvalue weighted by atomic mass is 14.9. The third-order valence-corrected chi connectivity index (χ3v) is 3.56. The monoisotopic (exact) mass is 219 g/mol. The maximum absolute atomic E-state index is 3.46. The maximum Gasteiger partial charge on any atom is 0.0369 e. The molecular formula is C15H25N. The second-order valence-corrected chi connectivity index (χ2v) is 5.48. The van der Waals surface area contributed by atoms with E-state index in [4.69, 9.17) is 0 Å². The van der Waals surface area contributed by atoms with Crippen molar-refractivity contribution in [3.8, 4) is 0 Å². The quantitative estimate of drug-likeness (QED) is 0.807. The fraction of sp³-hybridized carbons (Fsp3) is 0.600. The molecular weight excluding hydrogens is 194 g/mol. The first-order valence-corrected chi connectivity index (χ1v) is 6.16. The van der Waals surface area contributed by atoms with Crippen molar-refractivity contribution in [1.82, 2.24) is 5.32 Å². The molecule has 1 unspecified atom stereocenters.